The third-order valence-corrected chi connectivity index (χ3v) is 1.84. The molecule has 0 aliphatic carbocycles. The van der Waals surface area contributed by atoms with Crippen LogP contribution in [0.5, 0.6) is 0 Å². The summed E-state index contributed by atoms with van der Waals surface area (Å²) in [5, 5.41) is 1.03. The molecule has 0 aliphatic heterocycles. The lowest BCUT2D eigenvalue weighted by Gasteiger charge is -1.98. The van der Waals surface area contributed by atoms with Crippen molar-refractivity contribution in [1.29, 1.82) is 0 Å². The first-order chi connectivity index (χ1) is 5.77. The summed E-state index contributed by atoms with van der Waals surface area (Å²) in [5.41, 5.74) is 1.95. The highest BCUT2D eigenvalue weighted by Gasteiger charge is 1.98. The SMILES string of the molecule is Cc1ncc2c(C)ccnc2n1. The summed E-state index contributed by atoms with van der Waals surface area (Å²) in [6.07, 6.45) is 3.59. The van der Waals surface area contributed by atoms with Gasteiger partial charge >= 0.3 is 0 Å². The molecule has 0 unspecified atom stereocenters. The Morgan fingerprint density at radius 1 is 1.17 bits per heavy atom. The number of nitrogens with zero attached hydrogens (tertiary/aromatic N) is 3. The number of fused-ring (bicyclic) bond motifs is 1. The average molecular weight is 159 g/mol. The molecule has 0 saturated carbocycles. The molecule has 0 fully saturated rings. The van der Waals surface area contributed by atoms with Crippen LogP contribution in [0.25, 0.3) is 11.0 Å². The van der Waals surface area contributed by atoms with Gasteiger partial charge in [0.15, 0.2) is 5.65 Å². The molecule has 2 heterocycles. The molecule has 0 radical (unpaired) electrons. The van der Waals surface area contributed by atoms with Crippen molar-refractivity contribution in [3.8, 4) is 0 Å². The van der Waals surface area contributed by atoms with Gasteiger partial charge < -0.3 is 0 Å². The maximum atomic E-state index is 4.21. The van der Waals surface area contributed by atoms with Crippen LogP contribution in [-0.4, -0.2) is 15.0 Å². The predicted molar refractivity (Wildman–Crippen MR) is 46.8 cm³/mol. The minimum absolute atomic E-state index is 0.764. The van der Waals surface area contributed by atoms with Crippen LogP contribution in [0.2, 0.25) is 0 Å². The molecule has 12 heavy (non-hydrogen) atoms. The summed E-state index contributed by atoms with van der Waals surface area (Å²) in [6.45, 7) is 3.90. The minimum atomic E-state index is 0.764. The molecule has 0 bridgehead atoms. The van der Waals surface area contributed by atoms with E-state index in [1.165, 1.54) is 5.56 Å². The summed E-state index contributed by atoms with van der Waals surface area (Å²) >= 11 is 0. The van der Waals surface area contributed by atoms with E-state index in [0.29, 0.717) is 0 Å². The third-order valence-electron chi connectivity index (χ3n) is 1.84. The maximum absolute atomic E-state index is 4.21. The molecule has 2 aromatic heterocycles. The van der Waals surface area contributed by atoms with Crippen molar-refractivity contribution in [3.63, 3.8) is 0 Å². The van der Waals surface area contributed by atoms with Crippen LogP contribution in [-0.2, 0) is 0 Å². The second-order valence-electron chi connectivity index (χ2n) is 2.78. The molecule has 3 heteroatoms. The molecule has 0 saturated heterocycles. The quantitative estimate of drug-likeness (QED) is 0.586. The Bertz CT molecular complexity index is 423. The number of aryl methyl sites for hydroxylation is 2. The number of rotatable bonds is 0. The van der Waals surface area contributed by atoms with Crippen LogP contribution in [0.4, 0.5) is 0 Å². The van der Waals surface area contributed by atoms with E-state index < -0.39 is 0 Å². The molecule has 3 nitrogen and oxygen atoms in total. The van der Waals surface area contributed by atoms with Gasteiger partial charge in [-0.15, -0.1) is 0 Å². The standard InChI is InChI=1S/C9H9N3/c1-6-3-4-10-9-8(6)5-11-7(2)12-9/h3-5H,1-2H3. The highest BCUT2D eigenvalue weighted by Crippen LogP contribution is 2.11. The smallest absolute Gasteiger partial charge is 0.163 e. The van der Waals surface area contributed by atoms with Gasteiger partial charge in [0.1, 0.15) is 5.82 Å². The van der Waals surface area contributed by atoms with Crippen molar-refractivity contribution in [2.45, 2.75) is 13.8 Å². The van der Waals surface area contributed by atoms with Gasteiger partial charge in [-0.2, -0.15) is 0 Å². The average Bonchev–Trinajstić information content (AvgIpc) is 2.04. The molecule has 60 valence electrons. The first-order valence-electron chi connectivity index (χ1n) is 3.82. The Balaban J connectivity index is 2.86. The lowest BCUT2D eigenvalue weighted by molar-refractivity contribution is 1.07. The fourth-order valence-corrected chi connectivity index (χ4v) is 1.14. The summed E-state index contributed by atoms with van der Waals surface area (Å²) < 4.78 is 0. The number of pyridine rings is 1. The van der Waals surface area contributed by atoms with Crippen LogP contribution in [0.3, 0.4) is 0 Å². The van der Waals surface area contributed by atoms with E-state index in [2.05, 4.69) is 15.0 Å². The molecule has 2 rings (SSSR count). The largest absolute Gasteiger partial charge is 0.241 e. The zero-order valence-corrected chi connectivity index (χ0v) is 7.07. The molecule has 0 spiro atoms. The van der Waals surface area contributed by atoms with E-state index in [9.17, 15) is 0 Å². The van der Waals surface area contributed by atoms with Gasteiger partial charge in [-0.05, 0) is 25.5 Å². The van der Waals surface area contributed by atoms with Crippen molar-refractivity contribution >= 4 is 11.0 Å². The van der Waals surface area contributed by atoms with Gasteiger partial charge in [0.05, 0.1) is 0 Å². The number of hydrogen-bond acceptors (Lipinski definition) is 3. The molecule has 0 N–H and O–H groups in total. The molecular weight excluding hydrogens is 150 g/mol. The Hall–Kier alpha value is -1.51. The van der Waals surface area contributed by atoms with E-state index in [0.717, 1.165) is 16.9 Å². The summed E-state index contributed by atoms with van der Waals surface area (Å²) in [5.74, 6) is 0.764. The first kappa shape index (κ1) is 7.16. The third kappa shape index (κ3) is 1.03. The van der Waals surface area contributed by atoms with Crippen LogP contribution in [0.1, 0.15) is 11.4 Å². The monoisotopic (exact) mass is 159 g/mol. The van der Waals surface area contributed by atoms with E-state index >= 15 is 0 Å². The van der Waals surface area contributed by atoms with Gasteiger partial charge in [-0.3, -0.25) is 0 Å². The van der Waals surface area contributed by atoms with Crippen molar-refractivity contribution in [2.75, 3.05) is 0 Å². The van der Waals surface area contributed by atoms with Gasteiger partial charge in [0.2, 0.25) is 0 Å². The van der Waals surface area contributed by atoms with Crippen LogP contribution in [0.15, 0.2) is 18.5 Å². The van der Waals surface area contributed by atoms with E-state index in [1.807, 2.05) is 26.1 Å². The maximum Gasteiger partial charge on any atom is 0.163 e. The van der Waals surface area contributed by atoms with Crippen LogP contribution < -0.4 is 0 Å². The summed E-state index contributed by atoms with van der Waals surface area (Å²) in [4.78, 5) is 12.5. The van der Waals surface area contributed by atoms with E-state index in [4.69, 9.17) is 0 Å². The number of hydrogen-bond donors (Lipinski definition) is 0. The van der Waals surface area contributed by atoms with E-state index in [1.54, 1.807) is 6.20 Å². The lowest BCUT2D eigenvalue weighted by atomic mass is 10.2. The molecule has 0 aliphatic rings. The molecular formula is C9H9N3. The van der Waals surface area contributed by atoms with Gasteiger partial charge in [0.25, 0.3) is 0 Å². The number of aromatic nitrogens is 3. The highest BCUT2D eigenvalue weighted by atomic mass is 14.9. The van der Waals surface area contributed by atoms with E-state index in [-0.39, 0.29) is 0 Å². The second kappa shape index (κ2) is 2.52. The summed E-state index contributed by atoms with van der Waals surface area (Å²) in [6, 6.07) is 1.96. The normalized spacial score (nSPS) is 10.5. The minimum Gasteiger partial charge on any atom is -0.241 e. The van der Waals surface area contributed by atoms with Crippen molar-refractivity contribution < 1.29 is 0 Å². The Kier molecular flexibility index (Phi) is 1.50. The zero-order chi connectivity index (χ0) is 8.55. The van der Waals surface area contributed by atoms with Gasteiger partial charge in [0, 0.05) is 17.8 Å². The van der Waals surface area contributed by atoms with Gasteiger partial charge in [-0.1, -0.05) is 0 Å². The Morgan fingerprint density at radius 3 is 2.83 bits per heavy atom. The fourth-order valence-electron chi connectivity index (χ4n) is 1.14. The van der Waals surface area contributed by atoms with Crippen LogP contribution in [0, 0.1) is 13.8 Å². The fraction of sp³-hybridized carbons (Fsp3) is 0.222. The summed E-state index contributed by atoms with van der Waals surface area (Å²) in [7, 11) is 0. The van der Waals surface area contributed by atoms with Crippen molar-refractivity contribution in [1.82, 2.24) is 15.0 Å². The van der Waals surface area contributed by atoms with Crippen LogP contribution >= 0.6 is 0 Å². The topological polar surface area (TPSA) is 38.7 Å². The lowest BCUT2D eigenvalue weighted by Crippen LogP contribution is -1.91. The van der Waals surface area contributed by atoms with Crippen molar-refractivity contribution in [2.24, 2.45) is 0 Å². The van der Waals surface area contributed by atoms with Gasteiger partial charge in [-0.25, -0.2) is 15.0 Å². The molecule has 2 aromatic rings. The molecule has 0 atom stereocenters. The predicted octanol–water partition coefficient (Wildman–Crippen LogP) is 1.64. The molecule has 0 amide bonds. The zero-order valence-electron chi connectivity index (χ0n) is 7.07. The second-order valence-corrected chi connectivity index (χ2v) is 2.78. The molecule has 0 aromatic carbocycles. The first-order valence-corrected chi connectivity index (χ1v) is 3.82. The highest BCUT2D eigenvalue weighted by molar-refractivity contribution is 5.76. The Morgan fingerprint density at radius 2 is 2.00 bits per heavy atom. The van der Waals surface area contributed by atoms with Crippen molar-refractivity contribution in [3.05, 3.63) is 29.8 Å². The Labute approximate surface area is 70.5 Å².